The lowest BCUT2D eigenvalue weighted by Crippen LogP contribution is -2.51. The van der Waals surface area contributed by atoms with Gasteiger partial charge in [0, 0.05) is 19.6 Å². The quantitative estimate of drug-likeness (QED) is 0.837. The maximum Gasteiger partial charge on any atom is 0.406 e. The second kappa shape index (κ2) is 6.44. The van der Waals surface area contributed by atoms with Crippen LogP contribution in [0.5, 0.6) is 0 Å². The summed E-state index contributed by atoms with van der Waals surface area (Å²) in [6.07, 6.45) is -1.52. The molecule has 0 bridgehead atoms. The Morgan fingerprint density at radius 2 is 2.05 bits per heavy atom. The number of ether oxygens (including phenoxy) is 1. The fraction of sp³-hybridized carbons (Fsp3) is 0.857. The third kappa shape index (κ3) is 3.91. The van der Waals surface area contributed by atoms with Gasteiger partial charge >= 0.3 is 6.18 Å². The lowest BCUT2D eigenvalue weighted by Gasteiger charge is -2.29. The van der Waals surface area contributed by atoms with E-state index < -0.39 is 30.3 Å². The summed E-state index contributed by atoms with van der Waals surface area (Å²) in [6, 6.07) is -0.583. The van der Waals surface area contributed by atoms with Gasteiger partial charge < -0.3 is 15.0 Å². The molecule has 0 unspecified atom stereocenters. The van der Waals surface area contributed by atoms with E-state index in [1.54, 1.807) is 6.92 Å². The van der Waals surface area contributed by atoms with Crippen LogP contribution in [0.2, 0.25) is 0 Å². The standard InChI is InChI=1S/C14H21F3N2O3/c1-2-22-13(5-3-4-6-13)12(21)18-10-7-11(20)19(8-10)9-14(15,16)17/h10H,2-9H2,1H3,(H,18,21)/t10-/m0/s1. The molecule has 8 heteroatoms. The number of carbonyl (C=O) groups excluding carboxylic acids is 2. The Morgan fingerprint density at radius 3 is 2.59 bits per heavy atom. The third-order valence-corrected chi connectivity index (χ3v) is 4.17. The average Bonchev–Trinajstić information content (AvgIpc) is 2.97. The van der Waals surface area contributed by atoms with Gasteiger partial charge in [0.25, 0.3) is 5.91 Å². The lowest BCUT2D eigenvalue weighted by molar-refractivity contribution is -0.157. The van der Waals surface area contributed by atoms with Crippen LogP contribution >= 0.6 is 0 Å². The normalized spacial score (nSPS) is 24.8. The highest BCUT2D eigenvalue weighted by molar-refractivity contribution is 5.87. The topological polar surface area (TPSA) is 58.6 Å². The van der Waals surface area contributed by atoms with Crippen molar-refractivity contribution in [2.75, 3.05) is 19.7 Å². The molecular weight excluding hydrogens is 301 g/mol. The predicted molar refractivity (Wildman–Crippen MR) is 72.0 cm³/mol. The number of alkyl halides is 3. The summed E-state index contributed by atoms with van der Waals surface area (Å²) in [6.45, 7) is 0.829. The van der Waals surface area contributed by atoms with Crippen LogP contribution in [-0.4, -0.2) is 54.2 Å². The smallest absolute Gasteiger partial charge is 0.365 e. The van der Waals surface area contributed by atoms with Crippen molar-refractivity contribution in [1.82, 2.24) is 10.2 Å². The van der Waals surface area contributed by atoms with Gasteiger partial charge in [0.15, 0.2) is 0 Å². The molecule has 0 spiro atoms. The zero-order valence-electron chi connectivity index (χ0n) is 12.5. The van der Waals surface area contributed by atoms with Gasteiger partial charge in [-0.15, -0.1) is 0 Å². The van der Waals surface area contributed by atoms with Crippen LogP contribution in [0.4, 0.5) is 13.2 Å². The summed E-state index contributed by atoms with van der Waals surface area (Å²) in [4.78, 5) is 24.8. The van der Waals surface area contributed by atoms with Crippen LogP contribution in [-0.2, 0) is 14.3 Å². The van der Waals surface area contributed by atoms with Crippen LogP contribution in [0.15, 0.2) is 0 Å². The van der Waals surface area contributed by atoms with Gasteiger partial charge in [-0.25, -0.2) is 0 Å². The SMILES string of the molecule is CCOC1(C(=O)N[C@H]2CC(=O)N(CC(F)(F)F)C2)CCCC1. The number of nitrogens with zero attached hydrogens (tertiary/aromatic N) is 1. The summed E-state index contributed by atoms with van der Waals surface area (Å²) < 4.78 is 42.7. The Hall–Kier alpha value is -1.31. The zero-order valence-corrected chi connectivity index (χ0v) is 12.5. The number of nitrogens with one attached hydrogen (secondary N) is 1. The number of hydrogen-bond donors (Lipinski definition) is 1. The molecule has 22 heavy (non-hydrogen) atoms. The Bertz CT molecular complexity index is 434. The van der Waals surface area contributed by atoms with E-state index in [2.05, 4.69) is 5.32 Å². The first-order valence-corrected chi connectivity index (χ1v) is 7.55. The fourth-order valence-corrected chi connectivity index (χ4v) is 3.21. The molecule has 0 aromatic rings. The molecule has 1 saturated carbocycles. The minimum Gasteiger partial charge on any atom is -0.365 e. The van der Waals surface area contributed by atoms with E-state index in [-0.39, 0.29) is 18.9 Å². The molecule has 0 radical (unpaired) electrons. The number of amides is 2. The fourth-order valence-electron chi connectivity index (χ4n) is 3.21. The summed E-state index contributed by atoms with van der Waals surface area (Å²) in [7, 11) is 0. The number of rotatable bonds is 5. The maximum absolute atomic E-state index is 12.4. The third-order valence-electron chi connectivity index (χ3n) is 4.17. The molecule has 1 heterocycles. The van der Waals surface area contributed by atoms with E-state index in [1.807, 2.05) is 0 Å². The van der Waals surface area contributed by atoms with Crippen molar-refractivity contribution in [2.45, 2.75) is 56.8 Å². The highest BCUT2D eigenvalue weighted by atomic mass is 19.4. The van der Waals surface area contributed by atoms with E-state index in [1.165, 1.54) is 0 Å². The van der Waals surface area contributed by atoms with E-state index in [9.17, 15) is 22.8 Å². The van der Waals surface area contributed by atoms with Gasteiger partial charge in [-0.3, -0.25) is 9.59 Å². The molecule has 2 aliphatic rings. The molecule has 1 N–H and O–H groups in total. The Morgan fingerprint density at radius 1 is 1.41 bits per heavy atom. The Labute approximate surface area is 127 Å². The predicted octanol–water partition coefficient (Wildman–Crippen LogP) is 1.62. The molecular formula is C14H21F3N2O3. The zero-order chi connectivity index (χ0) is 16.4. The van der Waals surface area contributed by atoms with Crippen LogP contribution in [0, 0.1) is 0 Å². The van der Waals surface area contributed by atoms with Crippen molar-refractivity contribution in [3.05, 3.63) is 0 Å². The highest BCUT2D eigenvalue weighted by Crippen LogP contribution is 2.34. The first-order valence-electron chi connectivity index (χ1n) is 7.55. The van der Waals surface area contributed by atoms with Crippen LogP contribution in [0.25, 0.3) is 0 Å². The summed E-state index contributed by atoms with van der Waals surface area (Å²) in [5.74, 6) is -0.891. The Balaban J connectivity index is 1.94. The minimum atomic E-state index is -4.42. The van der Waals surface area contributed by atoms with E-state index in [0.29, 0.717) is 19.4 Å². The van der Waals surface area contributed by atoms with E-state index >= 15 is 0 Å². The molecule has 0 aromatic heterocycles. The molecule has 1 aliphatic heterocycles. The number of likely N-dealkylation sites (tertiary alicyclic amines) is 1. The molecule has 0 aromatic carbocycles. The minimum absolute atomic E-state index is 0.0932. The molecule has 2 rings (SSSR count). The molecule has 1 saturated heterocycles. The molecule has 1 atom stereocenters. The molecule has 5 nitrogen and oxygen atoms in total. The van der Waals surface area contributed by atoms with E-state index in [0.717, 1.165) is 17.7 Å². The van der Waals surface area contributed by atoms with Gasteiger partial charge in [-0.05, 0) is 32.6 Å². The lowest BCUT2D eigenvalue weighted by atomic mass is 10.00. The van der Waals surface area contributed by atoms with Gasteiger partial charge in [0.2, 0.25) is 5.91 Å². The van der Waals surface area contributed by atoms with Crippen molar-refractivity contribution in [3.63, 3.8) is 0 Å². The number of halogens is 3. The first-order chi connectivity index (χ1) is 10.3. The summed E-state index contributed by atoms with van der Waals surface area (Å²) in [5.41, 5.74) is -0.880. The van der Waals surface area contributed by atoms with Crippen LogP contribution in [0.1, 0.15) is 39.0 Å². The maximum atomic E-state index is 12.4. The second-order valence-electron chi connectivity index (χ2n) is 5.90. The monoisotopic (exact) mass is 322 g/mol. The van der Waals surface area contributed by atoms with Gasteiger partial charge in [0.05, 0.1) is 6.04 Å². The first kappa shape index (κ1) is 17.1. The highest BCUT2D eigenvalue weighted by Gasteiger charge is 2.44. The Kier molecular flexibility index (Phi) is 4.99. The molecule has 126 valence electrons. The van der Waals surface area contributed by atoms with Gasteiger partial charge in [-0.2, -0.15) is 13.2 Å². The number of carbonyl (C=O) groups is 2. The van der Waals surface area contributed by atoms with Crippen molar-refractivity contribution < 1.29 is 27.5 Å². The van der Waals surface area contributed by atoms with Crippen molar-refractivity contribution >= 4 is 11.8 Å². The number of hydrogen-bond acceptors (Lipinski definition) is 3. The van der Waals surface area contributed by atoms with Crippen LogP contribution < -0.4 is 5.32 Å². The molecule has 2 fully saturated rings. The largest absolute Gasteiger partial charge is 0.406 e. The van der Waals surface area contributed by atoms with Crippen molar-refractivity contribution in [3.8, 4) is 0 Å². The van der Waals surface area contributed by atoms with Crippen molar-refractivity contribution in [1.29, 1.82) is 0 Å². The molecule has 2 amide bonds. The summed E-state index contributed by atoms with van der Waals surface area (Å²) >= 11 is 0. The summed E-state index contributed by atoms with van der Waals surface area (Å²) in [5, 5.41) is 2.70. The van der Waals surface area contributed by atoms with E-state index in [4.69, 9.17) is 4.74 Å². The van der Waals surface area contributed by atoms with Crippen LogP contribution in [0.3, 0.4) is 0 Å². The second-order valence-corrected chi connectivity index (χ2v) is 5.90. The molecule has 1 aliphatic carbocycles. The average molecular weight is 322 g/mol. The van der Waals surface area contributed by atoms with Gasteiger partial charge in [0.1, 0.15) is 12.1 Å². The van der Waals surface area contributed by atoms with Crippen molar-refractivity contribution in [2.24, 2.45) is 0 Å². The van der Waals surface area contributed by atoms with Gasteiger partial charge in [-0.1, -0.05) is 0 Å².